The summed E-state index contributed by atoms with van der Waals surface area (Å²) in [4.78, 5) is 0. The SMILES string of the molecule is CCCn1cc(CNC2CCCCC2)c2ccccc21. The summed E-state index contributed by atoms with van der Waals surface area (Å²) in [5, 5.41) is 5.19. The lowest BCUT2D eigenvalue weighted by Crippen LogP contribution is -2.30. The molecule has 2 aromatic rings. The van der Waals surface area contributed by atoms with Gasteiger partial charge in [-0.3, -0.25) is 0 Å². The summed E-state index contributed by atoms with van der Waals surface area (Å²) in [5.74, 6) is 0. The van der Waals surface area contributed by atoms with Gasteiger partial charge in [0.15, 0.2) is 0 Å². The molecular formula is C18H26N2. The number of para-hydroxylation sites is 1. The molecule has 0 unspecified atom stereocenters. The number of benzene rings is 1. The summed E-state index contributed by atoms with van der Waals surface area (Å²) in [7, 11) is 0. The molecule has 1 aromatic carbocycles. The van der Waals surface area contributed by atoms with E-state index < -0.39 is 0 Å². The second-order valence-electron chi connectivity index (χ2n) is 6.08. The molecular weight excluding hydrogens is 244 g/mol. The first-order chi connectivity index (χ1) is 9.88. The lowest BCUT2D eigenvalue weighted by Gasteiger charge is -2.22. The molecule has 0 bridgehead atoms. The molecule has 1 aliphatic carbocycles. The molecule has 108 valence electrons. The lowest BCUT2D eigenvalue weighted by atomic mass is 9.95. The Kier molecular flexibility index (Phi) is 4.41. The van der Waals surface area contributed by atoms with Crippen molar-refractivity contribution in [3.05, 3.63) is 36.0 Å². The smallest absolute Gasteiger partial charge is 0.0483 e. The molecule has 2 heteroatoms. The van der Waals surface area contributed by atoms with Crippen LogP contribution in [0.4, 0.5) is 0 Å². The van der Waals surface area contributed by atoms with Crippen molar-refractivity contribution in [3.8, 4) is 0 Å². The molecule has 0 radical (unpaired) electrons. The number of hydrogen-bond acceptors (Lipinski definition) is 1. The molecule has 2 nitrogen and oxygen atoms in total. The van der Waals surface area contributed by atoms with Crippen molar-refractivity contribution in [2.24, 2.45) is 0 Å². The molecule has 1 N–H and O–H groups in total. The standard InChI is InChI=1S/C18H26N2/c1-2-12-20-14-15(17-10-6-7-11-18(17)20)13-19-16-8-4-3-5-9-16/h6-7,10-11,14,16,19H,2-5,8-9,12-13H2,1H3. The zero-order valence-electron chi connectivity index (χ0n) is 12.6. The number of aryl methyl sites for hydroxylation is 1. The van der Waals surface area contributed by atoms with Crippen LogP contribution in [0.5, 0.6) is 0 Å². The van der Waals surface area contributed by atoms with Crippen LogP contribution in [0.3, 0.4) is 0 Å². The quantitative estimate of drug-likeness (QED) is 0.848. The number of hydrogen-bond donors (Lipinski definition) is 1. The van der Waals surface area contributed by atoms with Crippen LogP contribution in [0, 0.1) is 0 Å². The molecule has 0 amide bonds. The number of rotatable bonds is 5. The maximum absolute atomic E-state index is 3.77. The summed E-state index contributed by atoms with van der Waals surface area (Å²) in [5.41, 5.74) is 2.84. The van der Waals surface area contributed by atoms with Crippen LogP contribution in [-0.2, 0) is 13.1 Å². The Morgan fingerprint density at radius 1 is 1.15 bits per heavy atom. The average Bonchev–Trinajstić information content (AvgIpc) is 2.85. The molecule has 0 aliphatic heterocycles. The molecule has 1 saturated carbocycles. The second-order valence-corrected chi connectivity index (χ2v) is 6.08. The first-order valence-corrected chi connectivity index (χ1v) is 8.18. The van der Waals surface area contributed by atoms with E-state index in [1.165, 1.54) is 55.0 Å². The van der Waals surface area contributed by atoms with Gasteiger partial charge >= 0.3 is 0 Å². The van der Waals surface area contributed by atoms with Gasteiger partial charge in [-0.05, 0) is 30.9 Å². The van der Waals surface area contributed by atoms with E-state index in [4.69, 9.17) is 0 Å². The van der Waals surface area contributed by atoms with Gasteiger partial charge < -0.3 is 9.88 Å². The fourth-order valence-corrected chi connectivity index (χ4v) is 3.45. The number of aromatic nitrogens is 1. The largest absolute Gasteiger partial charge is 0.347 e. The molecule has 0 saturated heterocycles. The fourth-order valence-electron chi connectivity index (χ4n) is 3.45. The molecule has 1 fully saturated rings. The van der Waals surface area contributed by atoms with Crippen molar-refractivity contribution in [2.75, 3.05) is 0 Å². The molecule has 1 aromatic heterocycles. The highest BCUT2D eigenvalue weighted by molar-refractivity contribution is 5.83. The Morgan fingerprint density at radius 2 is 1.95 bits per heavy atom. The highest BCUT2D eigenvalue weighted by Gasteiger charge is 2.14. The van der Waals surface area contributed by atoms with Crippen molar-refractivity contribution >= 4 is 10.9 Å². The maximum atomic E-state index is 3.77. The van der Waals surface area contributed by atoms with Crippen LogP contribution in [0.25, 0.3) is 10.9 Å². The number of nitrogens with zero attached hydrogens (tertiary/aromatic N) is 1. The summed E-state index contributed by atoms with van der Waals surface area (Å²) in [6.45, 7) is 4.38. The second kappa shape index (κ2) is 6.45. The minimum absolute atomic E-state index is 0.733. The zero-order valence-corrected chi connectivity index (χ0v) is 12.6. The molecule has 1 aliphatic rings. The number of fused-ring (bicyclic) bond motifs is 1. The van der Waals surface area contributed by atoms with Gasteiger partial charge in [0.25, 0.3) is 0 Å². The molecule has 3 rings (SSSR count). The van der Waals surface area contributed by atoms with Gasteiger partial charge in [-0.2, -0.15) is 0 Å². The van der Waals surface area contributed by atoms with Crippen molar-refractivity contribution in [1.82, 2.24) is 9.88 Å². The summed E-state index contributed by atoms with van der Waals surface area (Å²) < 4.78 is 2.41. The highest BCUT2D eigenvalue weighted by atomic mass is 15.0. The van der Waals surface area contributed by atoms with Crippen LogP contribution < -0.4 is 5.32 Å². The van der Waals surface area contributed by atoms with Gasteiger partial charge in [0.05, 0.1) is 0 Å². The Morgan fingerprint density at radius 3 is 2.75 bits per heavy atom. The third-order valence-corrected chi connectivity index (χ3v) is 4.52. The number of nitrogens with one attached hydrogen (secondary N) is 1. The fraction of sp³-hybridized carbons (Fsp3) is 0.556. The van der Waals surface area contributed by atoms with Gasteiger partial charge in [-0.1, -0.05) is 44.4 Å². The topological polar surface area (TPSA) is 17.0 Å². The van der Waals surface area contributed by atoms with E-state index in [9.17, 15) is 0 Å². The predicted octanol–water partition coefficient (Wildman–Crippen LogP) is 4.47. The first-order valence-electron chi connectivity index (χ1n) is 8.18. The van der Waals surface area contributed by atoms with Gasteiger partial charge in [0.2, 0.25) is 0 Å². The lowest BCUT2D eigenvalue weighted by molar-refractivity contribution is 0.372. The van der Waals surface area contributed by atoms with Crippen molar-refractivity contribution < 1.29 is 0 Å². The highest BCUT2D eigenvalue weighted by Crippen LogP contribution is 2.23. The van der Waals surface area contributed by atoms with Gasteiger partial charge in [-0.25, -0.2) is 0 Å². The predicted molar refractivity (Wildman–Crippen MR) is 85.9 cm³/mol. The maximum Gasteiger partial charge on any atom is 0.0483 e. The van der Waals surface area contributed by atoms with Crippen molar-refractivity contribution in [1.29, 1.82) is 0 Å². The molecule has 0 atom stereocenters. The van der Waals surface area contributed by atoms with Gasteiger partial charge in [-0.15, -0.1) is 0 Å². The van der Waals surface area contributed by atoms with E-state index >= 15 is 0 Å². The average molecular weight is 270 g/mol. The third kappa shape index (κ3) is 2.90. The summed E-state index contributed by atoms with van der Waals surface area (Å²) in [6.07, 6.45) is 10.5. The van der Waals surface area contributed by atoms with Crippen LogP contribution in [0.1, 0.15) is 51.0 Å². The van der Waals surface area contributed by atoms with Crippen LogP contribution >= 0.6 is 0 Å². The van der Waals surface area contributed by atoms with E-state index in [2.05, 4.69) is 47.3 Å². The Balaban J connectivity index is 1.76. The Hall–Kier alpha value is -1.28. The van der Waals surface area contributed by atoms with E-state index in [0.29, 0.717) is 0 Å². The minimum Gasteiger partial charge on any atom is -0.347 e. The Labute approximate surface area is 122 Å². The molecule has 0 spiro atoms. The van der Waals surface area contributed by atoms with Crippen molar-refractivity contribution in [3.63, 3.8) is 0 Å². The van der Waals surface area contributed by atoms with Crippen LogP contribution in [0.2, 0.25) is 0 Å². The van der Waals surface area contributed by atoms with E-state index in [-0.39, 0.29) is 0 Å². The van der Waals surface area contributed by atoms with Gasteiger partial charge in [0, 0.05) is 36.2 Å². The van der Waals surface area contributed by atoms with E-state index in [0.717, 1.165) is 19.1 Å². The molecule has 1 heterocycles. The monoisotopic (exact) mass is 270 g/mol. The van der Waals surface area contributed by atoms with E-state index in [1.54, 1.807) is 0 Å². The Bertz CT molecular complexity index is 550. The normalized spacial score (nSPS) is 16.9. The summed E-state index contributed by atoms with van der Waals surface area (Å²) >= 11 is 0. The van der Waals surface area contributed by atoms with Crippen molar-refractivity contribution in [2.45, 2.75) is 64.6 Å². The zero-order chi connectivity index (χ0) is 13.8. The van der Waals surface area contributed by atoms with Crippen LogP contribution in [0.15, 0.2) is 30.5 Å². The summed E-state index contributed by atoms with van der Waals surface area (Å²) in [6, 6.07) is 9.54. The van der Waals surface area contributed by atoms with Crippen LogP contribution in [-0.4, -0.2) is 10.6 Å². The van der Waals surface area contributed by atoms with E-state index in [1.807, 2.05) is 0 Å². The minimum atomic E-state index is 0.733. The molecule has 20 heavy (non-hydrogen) atoms. The third-order valence-electron chi connectivity index (χ3n) is 4.52. The first kappa shape index (κ1) is 13.7. The van der Waals surface area contributed by atoms with Gasteiger partial charge in [0.1, 0.15) is 0 Å².